The van der Waals surface area contributed by atoms with Gasteiger partial charge in [-0.15, -0.1) is 0 Å². The Morgan fingerprint density at radius 2 is 1.96 bits per heavy atom. The van der Waals surface area contributed by atoms with Crippen molar-refractivity contribution >= 4 is 11.6 Å². The summed E-state index contributed by atoms with van der Waals surface area (Å²) in [4.78, 5) is 12.7. The number of ether oxygens (including phenoxy) is 2. The summed E-state index contributed by atoms with van der Waals surface area (Å²) in [6.45, 7) is 8.22. The summed E-state index contributed by atoms with van der Waals surface area (Å²) >= 11 is 0. The number of amides is 1. The molecule has 0 unspecified atom stereocenters. The summed E-state index contributed by atoms with van der Waals surface area (Å²) in [6, 6.07) is 5.75. The van der Waals surface area contributed by atoms with Crippen LogP contribution in [0.5, 0.6) is 5.75 Å². The quantitative estimate of drug-likeness (QED) is 0.879. The number of carbonyl (C=O) groups is 1. The van der Waals surface area contributed by atoms with E-state index in [2.05, 4.69) is 12.2 Å². The molecule has 0 radical (unpaired) electrons. The molecule has 1 amide bonds. The van der Waals surface area contributed by atoms with Gasteiger partial charge in [-0.25, -0.2) is 0 Å². The Kier molecular flexibility index (Phi) is 5.69. The SMILES string of the molecule is COC1(C(=O)Nc2ccc(OC(C)C)c(C)c2)CCC(C)CC1. The van der Waals surface area contributed by atoms with E-state index in [-0.39, 0.29) is 12.0 Å². The molecule has 2 rings (SSSR count). The number of rotatable bonds is 5. The third-order valence-corrected chi connectivity index (χ3v) is 4.68. The third-order valence-electron chi connectivity index (χ3n) is 4.68. The Labute approximate surface area is 139 Å². The van der Waals surface area contributed by atoms with Gasteiger partial charge in [0.2, 0.25) is 0 Å². The molecular formula is C19H29NO3. The second-order valence-corrected chi connectivity index (χ2v) is 6.98. The van der Waals surface area contributed by atoms with E-state index in [0.717, 1.165) is 42.7 Å². The molecule has 0 atom stereocenters. The summed E-state index contributed by atoms with van der Waals surface area (Å²) in [5.74, 6) is 1.48. The van der Waals surface area contributed by atoms with E-state index in [4.69, 9.17) is 9.47 Å². The van der Waals surface area contributed by atoms with Crippen LogP contribution < -0.4 is 10.1 Å². The first kappa shape index (κ1) is 17.8. The molecule has 1 saturated carbocycles. The predicted molar refractivity (Wildman–Crippen MR) is 92.9 cm³/mol. The van der Waals surface area contributed by atoms with Crippen molar-refractivity contribution in [3.05, 3.63) is 23.8 Å². The minimum absolute atomic E-state index is 0.0381. The van der Waals surface area contributed by atoms with Crippen LogP contribution in [0.2, 0.25) is 0 Å². The number of benzene rings is 1. The lowest BCUT2D eigenvalue weighted by molar-refractivity contribution is -0.142. The van der Waals surface area contributed by atoms with Gasteiger partial charge in [0.25, 0.3) is 5.91 Å². The van der Waals surface area contributed by atoms with Gasteiger partial charge in [-0.1, -0.05) is 6.92 Å². The first-order chi connectivity index (χ1) is 10.9. The lowest BCUT2D eigenvalue weighted by atomic mass is 9.79. The molecule has 23 heavy (non-hydrogen) atoms. The van der Waals surface area contributed by atoms with Crippen LogP contribution in [-0.4, -0.2) is 24.7 Å². The number of nitrogens with one attached hydrogen (secondary N) is 1. The van der Waals surface area contributed by atoms with Crippen LogP contribution in [0.1, 0.15) is 52.0 Å². The largest absolute Gasteiger partial charge is 0.491 e. The number of methoxy groups -OCH3 is 1. The minimum Gasteiger partial charge on any atom is -0.491 e. The maximum Gasteiger partial charge on any atom is 0.256 e. The van der Waals surface area contributed by atoms with Crippen LogP contribution in [0.4, 0.5) is 5.69 Å². The van der Waals surface area contributed by atoms with Gasteiger partial charge in [0.1, 0.15) is 11.4 Å². The summed E-state index contributed by atoms with van der Waals surface area (Å²) in [5.41, 5.74) is 1.12. The average molecular weight is 319 g/mol. The zero-order chi connectivity index (χ0) is 17.0. The molecule has 4 heteroatoms. The predicted octanol–water partition coefficient (Wildman–Crippen LogP) is 4.32. The van der Waals surface area contributed by atoms with Crippen LogP contribution >= 0.6 is 0 Å². The lowest BCUT2D eigenvalue weighted by Crippen LogP contribution is -2.47. The van der Waals surface area contributed by atoms with Gasteiger partial charge < -0.3 is 14.8 Å². The van der Waals surface area contributed by atoms with Crippen molar-refractivity contribution in [1.82, 2.24) is 0 Å². The van der Waals surface area contributed by atoms with Crippen molar-refractivity contribution < 1.29 is 14.3 Å². The fourth-order valence-electron chi connectivity index (χ4n) is 3.11. The van der Waals surface area contributed by atoms with E-state index >= 15 is 0 Å². The van der Waals surface area contributed by atoms with Crippen LogP contribution in [0, 0.1) is 12.8 Å². The number of aryl methyl sites for hydroxylation is 1. The summed E-state index contributed by atoms with van der Waals surface area (Å²) in [5, 5.41) is 3.02. The molecule has 1 aliphatic carbocycles. The smallest absolute Gasteiger partial charge is 0.256 e. The van der Waals surface area contributed by atoms with Crippen molar-refractivity contribution in [1.29, 1.82) is 0 Å². The molecule has 0 bridgehead atoms. The molecule has 0 heterocycles. The van der Waals surface area contributed by atoms with Crippen molar-refractivity contribution in [2.24, 2.45) is 5.92 Å². The molecule has 1 aromatic rings. The molecule has 1 N–H and O–H groups in total. The normalized spacial score (nSPS) is 24.5. The van der Waals surface area contributed by atoms with E-state index in [1.165, 1.54) is 0 Å². The van der Waals surface area contributed by atoms with Crippen LogP contribution in [0.3, 0.4) is 0 Å². The molecule has 1 aliphatic rings. The first-order valence-electron chi connectivity index (χ1n) is 8.50. The van der Waals surface area contributed by atoms with Crippen molar-refractivity contribution in [3.63, 3.8) is 0 Å². The highest BCUT2D eigenvalue weighted by Gasteiger charge is 2.41. The van der Waals surface area contributed by atoms with Gasteiger partial charge >= 0.3 is 0 Å². The Balaban J connectivity index is 2.08. The number of hydrogen-bond donors (Lipinski definition) is 1. The summed E-state index contributed by atoms with van der Waals surface area (Å²) < 4.78 is 11.4. The molecule has 1 aromatic carbocycles. The first-order valence-corrected chi connectivity index (χ1v) is 8.50. The fraction of sp³-hybridized carbons (Fsp3) is 0.632. The molecule has 0 spiro atoms. The Bertz CT molecular complexity index is 546. The zero-order valence-electron chi connectivity index (χ0n) is 14.9. The molecule has 0 aromatic heterocycles. The van der Waals surface area contributed by atoms with E-state index in [1.54, 1.807) is 7.11 Å². The standard InChI is InChI=1S/C19H29NO3/c1-13(2)23-17-7-6-16(12-15(17)4)20-18(21)19(22-5)10-8-14(3)9-11-19/h6-7,12-14H,8-11H2,1-5H3,(H,20,21). The maximum absolute atomic E-state index is 12.7. The highest BCUT2D eigenvalue weighted by molar-refractivity contribution is 5.97. The second-order valence-electron chi connectivity index (χ2n) is 6.98. The number of anilines is 1. The van der Waals surface area contributed by atoms with Crippen molar-refractivity contribution in [3.8, 4) is 5.75 Å². The van der Waals surface area contributed by atoms with Gasteiger partial charge in [0.05, 0.1) is 6.10 Å². The van der Waals surface area contributed by atoms with Gasteiger partial charge in [-0.3, -0.25) is 4.79 Å². The summed E-state index contributed by atoms with van der Waals surface area (Å²) in [7, 11) is 1.64. The van der Waals surface area contributed by atoms with Gasteiger partial charge in [0, 0.05) is 12.8 Å². The fourth-order valence-corrected chi connectivity index (χ4v) is 3.11. The van der Waals surface area contributed by atoms with E-state index in [9.17, 15) is 4.79 Å². The van der Waals surface area contributed by atoms with E-state index in [1.807, 2.05) is 39.0 Å². The Morgan fingerprint density at radius 3 is 2.48 bits per heavy atom. The second kappa shape index (κ2) is 7.35. The van der Waals surface area contributed by atoms with Gasteiger partial charge in [-0.05, 0) is 76.1 Å². The van der Waals surface area contributed by atoms with Gasteiger partial charge in [-0.2, -0.15) is 0 Å². The van der Waals surface area contributed by atoms with Gasteiger partial charge in [0.15, 0.2) is 0 Å². The molecule has 0 aliphatic heterocycles. The Hall–Kier alpha value is -1.55. The summed E-state index contributed by atoms with van der Waals surface area (Å²) in [6.07, 6.45) is 3.76. The maximum atomic E-state index is 12.7. The average Bonchev–Trinajstić information content (AvgIpc) is 2.51. The molecule has 1 fully saturated rings. The van der Waals surface area contributed by atoms with E-state index < -0.39 is 5.60 Å². The third kappa shape index (κ3) is 4.25. The zero-order valence-corrected chi connectivity index (χ0v) is 14.9. The highest BCUT2D eigenvalue weighted by atomic mass is 16.5. The topological polar surface area (TPSA) is 47.6 Å². The van der Waals surface area contributed by atoms with Crippen LogP contribution in [0.15, 0.2) is 18.2 Å². The van der Waals surface area contributed by atoms with E-state index in [0.29, 0.717) is 5.92 Å². The van der Waals surface area contributed by atoms with Crippen LogP contribution in [0.25, 0.3) is 0 Å². The molecule has 4 nitrogen and oxygen atoms in total. The monoisotopic (exact) mass is 319 g/mol. The molecular weight excluding hydrogens is 290 g/mol. The minimum atomic E-state index is -0.687. The molecule has 0 saturated heterocycles. The van der Waals surface area contributed by atoms with Crippen molar-refractivity contribution in [2.45, 2.75) is 65.1 Å². The Morgan fingerprint density at radius 1 is 1.30 bits per heavy atom. The highest BCUT2D eigenvalue weighted by Crippen LogP contribution is 2.35. The number of carbonyl (C=O) groups excluding carboxylic acids is 1. The lowest BCUT2D eigenvalue weighted by Gasteiger charge is -2.36. The van der Waals surface area contributed by atoms with Crippen molar-refractivity contribution in [2.75, 3.05) is 12.4 Å². The van der Waals surface area contributed by atoms with Crippen LogP contribution in [-0.2, 0) is 9.53 Å². The molecule has 128 valence electrons. The number of hydrogen-bond acceptors (Lipinski definition) is 3.